The summed E-state index contributed by atoms with van der Waals surface area (Å²) in [5.74, 6) is 0.0922. The lowest BCUT2D eigenvalue weighted by molar-refractivity contribution is -0.141. The zero-order chi connectivity index (χ0) is 17.8. The van der Waals surface area contributed by atoms with Crippen molar-refractivity contribution in [2.45, 2.75) is 45.1 Å². The van der Waals surface area contributed by atoms with E-state index in [4.69, 9.17) is 4.74 Å². The van der Waals surface area contributed by atoms with Crippen molar-refractivity contribution in [2.75, 3.05) is 6.61 Å². The highest BCUT2D eigenvalue weighted by atomic mass is 79.9. The van der Waals surface area contributed by atoms with Gasteiger partial charge in [-0.3, -0.25) is 0 Å². The van der Waals surface area contributed by atoms with Crippen LogP contribution in [0.2, 0.25) is 0 Å². The number of ether oxygens (including phenoxy) is 1. The fourth-order valence-electron chi connectivity index (χ4n) is 3.53. The minimum atomic E-state index is -0.509. The first-order valence-electron chi connectivity index (χ1n) is 8.75. The van der Waals surface area contributed by atoms with E-state index in [-0.39, 0.29) is 12.0 Å². The predicted molar refractivity (Wildman–Crippen MR) is 98.8 cm³/mol. The van der Waals surface area contributed by atoms with Gasteiger partial charge in [-0.2, -0.15) is 0 Å². The van der Waals surface area contributed by atoms with Crippen LogP contribution in [0.1, 0.15) is 50.6 Å². The number of hydrogen-bond donors (Lipinski definition) is 2. The predicted octanol–water partition coefficient (Wildman–Crippen LogP) is 4.20. The third kappa shape index (κ3) is 4.42. The Morgan fingerprint density at radius 3 is 2.76 bits per heavy atom. The Balaban J connectivity index is 1.78. The summed E-state index contributed by atoms with van der Waals surface area (Å²) in [4.78, 5) is 24.6. The molecule has 6 heteroatoms. The number of allylic oxidation sites excluding steroid dienone is 1. The number of rotatable bonds is 4. The van der Waals surface area contributed by atoms with Gasteiger partial charge in [-0.05, 0) is 43.4 Å². The molecule has 0 spiro atoms. The van der Waals surface area contributed by atoms with Crippen molar-refractivity contribution < 1.29 is 14.3 Å². The molecular weight excluding hydrogens is 384 g/mol. The van der Waals surface area contributed by atoms with Crippen LogP contribution in [0, 0.1) is 5.92 Å². The minimum absolute atomic E-state index is 0.314. The van der Waals surface area contributed by atoms with E-state index in [1.54, 1.807) is 6.92 Å². The summed E-state index contributed by atoms with van der Waals surface area (Å²) in [7, 11) is 0. The van der Waals surface area contributed by atoms with Crippen molar-refractivity contribution in [3.05, 3.63) is 45.6 Å². The molecule has 0 bridgehead atoms. The average molecular weight is 407 g/mol. The fourth-order valence-corrected chi connectivity index (χ4v) is 3.94. The molecule has 2 N–H and O–H groups in total. The molecule has 3 rings (SSSR count). The van der Waals surface area contributed by atoms with Crippen LogP contribution in [0.3, 0.4) is 0 Å². The van der Waals surface area contributed by atoms with E-state index in [0.29, 0.717) is 23.8 Å². The molecular formula is C19H23BrN2O3. The Hall–Kier alpha value is -1.82. The molecule has 0 unspecified atom stereocenters. The van der Waals surface area contributed by atoms with Gasteiger partial charge in [0.15, 0.2) is 0 Å². The lowest BCUT2D eigenvalue weighted by Crippen LogP contribution is -2.45. The van der Waals surface area contributed by atoms with E-state index < -0.39 is 6.04 Å². The molecule has 1 heterocycles. The number of hydrogen-bond acceptors (Lipinski definition) is 3. The molecule has 2 aliphatic rings. The zero-order valence-electron chi connectivity index (χ0n) is 14.3. The molecule has 1 atom stereocenters. The van der Waals surface area contributed by atoms with Crippen LogP contribution in [-0.4, -0.2) is 18.6 Å². The first-order valence-corrected chi connectivity index (χ1v) is 9.55. The maximum atomic E-state index is 12.7. The summed E-state index contributed by atoms with van der Waals surface area (Å²) in [5.41, 5.74) is 1.85. The second-order valence-electron chi connectivity index (χ2n) is 6.73. The average Bonchev–Trinajstić information content (AvgIpc) is 2.60. The van der Waals surface area contributed by atoms with Gasteiger partial charge in [0.1, 0.15) is 0 Å². The van der Waals surface area contributed by atoms with Crippen LogP contribution in [0.25, 0.3) is 0 Å². The molecule has 1 aliphatic carbocycles. The van der Waals surface area contributed by atoms with Crippen LogP contribution in [-0.2, 0) is 9.53 Å². The third-order valence-electron chi connectivity index (χ3n) is 4.85. The first-order chi connectivity index (χ1) is 12.0. The quantitative estimate of drug-likeness (QED) is 0.736. The number of amides is 2. The van der Waals surface area contributed by atoms with E-state index in [1.165, 1.54) is 19.3 Å². The second-order valence-corrected chi connectivity index (χ2v) is 7.64. The molecule has 0 aromatic heterocycles. The molecule has 1 saturated carbocycles. The summed E-state index contributed by atoms with van der Waals surface area (Å²) in [6.45, 7) is 2.19. The van der Waals surface area contributed by atoms with Crippen molar-refractivity contribution in [2.24, 2.45) is 5.92 Å². The van der Waals surface area contributed by atoms with Crippen LogP contribution in [0.5, 0.6) is 0 Å². The fraction of sp³-hybridized carbons (Fsp3) is 0.474. The van der Waals surface area contributed by atoms with E-state index in [1.807, 2.05) is 24.3 Å². The SMILES string of the molecule is CC1=C(C(=O)OCC2CCCCC2)[C@@H](c2cccc(Br)c2)NC(=O)N1. The molecule has 0 radical (unpaired) electrons. The summed E-state index contributed by atoms with van der Waals surface area (Å²) in [6.07, 6.45) is 5.94. The minimum Gasteiger partial charge on any atom is -0.462 e. The molecule has 25 heavy (non-hydrogen) atoms. The van der Waals surface area contributed by atoms with Gasteiger partial charge in [-0.25, -0.2) is 9.59 Å². The Morgan fingerprint density at radius 2 is 2.04 bits per heavy atom. The molecule has 1 fully saturated rings. The monoisotopic (exact) mass is 406 g/mol. The van der Waals surface area contributed by atoms with Gasteiger partial charge >= 0.3 is 12.0 Å². The summed E-state index contributed by atoms with van der Waals surface area (Å²) in [6, 6.07) is 6.76. The number of esters is 1. The smallest absolute Gasteiger partial charge is 0.338 e. The van der Waals surface area contributed by atoms with Gasteiger partial charge in [-0.1, -0.05) is 47.3 Å². The number of halogens is 1. The molecule has 2 amide bonds. The second kappa shape index (κ2) is 8.04. The highest BCUT2D eigenvalue weighted by molar-refractivity contribution is 9.10. The van der Waals surface area contributed by atoms with Crippen molar-refractivity contribution >= 4 is 27.9 Å². The number of carbonyl (C=O) groups is 2. The van der Waals surface area contributed by atoms with Crippen molar-refractivity contribution in [3.63, 3.8) is 0 Å². The summed E-state index contributed by atoms with van der Waals surface area (Å²) < 4.78 is 6.50. The maximum Gasteiger partial charge on any atom is 0.338 e. The largest absolute Gasteiger partial charge is 0.462 e. The summed E-state index contributed by atoms with van der Waals surface area (Å²) >= 11 is 3.44. The lowest BCUT2D eigenvalue weighted by Gasteiger charge is -2.29. The first kappa shape index (κ1) is 18.0. The zero-order valence-corrected chi connectivity index (χ0v) is 15.9. The van der Waals surface area contributed by atoms with Crippen LogP contribution < -0.4 is 10.6 Å². The van der Waals surface area contributed by atoms with Crippen molar-refractivity contribution in [3.8, 4) is 0 Å². The Bertz CT molecular complexity index is 696. The number of benzene rings is 1. The standard InChI is InChI=1S/C19H23BrN2O3/c1-12-16(18(23)25-11-13-6-3-2-4-7-13)17(22-19(24)21-12)14-8-5-9-15(20)10-14/h5,8-10,13,17H,2-4,6-7,11H2,1H3,(H2,21,22,24)/t17-/m1/s1. The normalized spacial score (nSPS) is 21.5. The van der Waals surface area contributed by atoms with Crippen LogP contribution in [0.15, 0.2) is 40.0 Å². The van der Waals surface area contributed by atoms with Crippen molar-refractivity contribution in [1.82, 2.24) is 10.6 Å². The summed E-state index contributed by atoms with van der Waals surface area (Å²) in [5, 5.41) is 5.51. The van der Waals surface area contributed by atoms with Crippen molar-refractivity contribution in [1.29, 1.82) is 0 Å². The van der Waals surface area contributed by atoms with E-state index >= 15 is 0 Å². The molecule has 1 aromatic carbocycles. The molecule has 1 aliphatic heterocycles. The lowest BCUT2D eigenvalue weighted by atomic mass is 9.90. The van der Waals surface area contributed by atoms with Gasteiger partial charge in [0.25, 0.3) is 0 Å². The highest BCUT2D eigenvalue weighted by Crippen LogP contribution is 2.30. The van der Waals surface area contributed by atoms with E-state index in [2.05, 4.69) is 26.6 Å². The van der Waals surface area contributed by atoms with Gasteiger partial charge < -0.3 is 15.4 Å². The van der Waals surface area contributed by atoms with E-state index in [0.717, 1.165) is 22.9 Å². The number of nitrogens with one attached hydrogen (secondary N) is 2. The molecule has 1 aromatic rings. The van der Waals surface area contributed by atoms with Gasteiger partial charge in [0.05, 0.1) is 18.2 Å². The van der Waals surface area contributed by atoms with Gasteiger partial charge in [0, 0.05) is 10.2 Å². The van der Waals surface area contributed by atoms with Crippen LogP contribution >= 0.6 is 15.9 Å². The Kier molecular flexibility index (Phi) is 5.78. The Morgan fingerprint density at radius 1 is 1.28 bits per heavy atom. The van der Waals surface area contributed by atoms with E-state index in [9.17, 15) is 9.59 Å². The third-order valence-corrected chi connectivity index (χ3v) is 5.34. The Labute approximate surface area is 156 Å². The number of carbonyl (C=O) groups excluding carboxylic acids is 2. The molecule has 5 nitrogen and oxygen atoms in total. The molecule has 134 valence electrons. The van der Waals surface area contributed by atoms with Gasteiger partial charge in [-0.15, -0.1) is 0 Å². The van der Waals surface area contributed by atoms with Gasteiger partial charge in [0.2, 0.25) is 0 Å². The maximum absolute atomic E-state index is 12.7. The molecule has 0 saturated heterocycles. The topological polar surface area (TPSA) is 67.4 Å². The number of urea groups is 1. The van der Waals surface area contributed by atoms with Crippen LogP contribution in [0.4, 0.5) is 4.79 Å². The highest BCUT2D eigenvalue weighted by Gasteiger charge is 2.32.